The fourth-order valence-corrected chi connectivity index (χ4v) is 4.32. The van der Waals surface area contributed by atoms with E-state index in [0.29, 0.717) is 17.3 Å². The Hall–Kier alpha value is -2.02. The third-order valence-corrected chi connectivity index (χ3v) is 6.26. The zero-order valence-corrected chi connectivity index (χ0v) is 17.1. The molecular weight excluding hydrogens is 394 g/mol. The molecule has 0 radical (unpaired) electrons. The van der Waals surface area contributed by atoms with Crippen molar-refractivity contribution in [1.29, 1.82) is 0 Å². The molecule has 0 aromatic heterocycles. The quantitative estimate of drug-likeness (QED) is 0.672. The number of nitrogens with two attached hydrogens (primary N) is 1. The van der Waals surface area contributed by atoms with Gasteiger partial charge < -0.3 is 11.1 Å². The predicted octanol–water partition coefficient (Wildman–Crippen LogP) is 3.77. The first-order valence-corrected chi connectivity index (χ1v) is 10.7. The number of primary amides is 1. The summed E-state index contributed by atoms with van der Waals surface area (Å²) in [5, 5.41) is 3.56. The Morgan fingerprint density at radius 1 is 1.18 bits per heavy atom. The van der Waals surface area contributed by atoms with E-state index in [1.165, 1.54) is 11.8 Å². The topological polar surface area (TPSA) is 75.4 Å². The summed E-state index contributed by atoms with van der Waals surface area (Å²) in [6.07, 6.45) is 1.87. The lowest BCUT2D eigenvalue weighted by Crippen LogP contribution is -2.40. The number of likely N-dealkylation sites (tertiary alicyclic amines) is 1. The van der Waals surface area contributed by atoms with Gasteiger partial charge in [-0.05, 0) is 49.2 Å². The van der Waals surface area contributed by atoms with Crippen molar-refractivity contribution in [2.75, 3.05) is 24.2 Å². The number of hydrogen-bond acceptors (Lipinski definition) is 4. The van der Waals surface area contributed by atoms with E-state index in [2.05, 4.69) is 10.2 Å². The second kappa shape index (κ2) is 9.96. The Bertz CT molecular complexity index is 829. The molecule has 1 fully saturated rings. The number of piperidine rings is 1. The highest BCUT2D eigenvalue weighted by Crippen LogP contribution is 2.26. The van der Waals surface area contributed by atoms with Gasteiger partial charge in [0.1, 0.15) is 0 Å². The van der Waals surface area contributed by atoms with Gasteiger partial charge in [0.05, 0.1) is 16.7 Å². The molecule has 0 aliphatic carbocycles. The molecule has 3 N–H and O–H groups in total. The Labute approximate surface area is 174 Å². The molecule has 3 rings (SSSR count). The number of amides is 2. The zero-order chi connectivity index (χ0) is 19.9. The molecule has 2 aromatic carbocycles. The Kier molecular flexibility index (Phi) is 7.36. The average molecular weight is 418 g/mol. The molecule has 0 bridgehead atoms. The minimum Gasteiger partial charge on any atom is -0.369 e. The smallest absolute Gasteiger partial charge is 0.234 e. The Morgan fingerprint density at radius 2 is 1.93 bits per heavy atom. The van der Waals surface area contributed by atoms with Crippen molar-refractivity contribution in [2.45, 2.75) is 24.3 Å². The van der Waals surface area contributed by atoms with Gasteiger partial charge in [-0.2, -0.15) is 0 Å². The maximum atomic E-state index is 12.2. The minimum atomic E-state index is -0.211. The van der Waals surface area contributed by atoms with E-state index in [9.17, 15) is 9.59 Å². The van der Waals surface area contributed by atoms with Gasteiger partial charge in [-0.25, -0.2) is 0 Å². The van der Waals surface area contributed by atoms with E-state index in [1.807, 2.05) is 48.5 Å². The third-order valence-electron chi connectivity index (χ3n) is 4.75. The van der Waals surface area contributed by atoms with E-state index < -0.39 is 0 Å². The predicted molar refractivity (Wildman–Crippen MR) is 114 cm³/mol. The molecule has 2 aromatic rings. The Morgan fingerprint density at radius 3 is 2.64 bits per heavy atom. The number of anilines is 1. The average Bonchev–Trinajstić information content (AvgIpc) is 2.69. The summed E-state index contributed by atoms with van der Waals surface area (Å²) in [4.78, 5) is 26.7. The van der Waals surface area contributed by atoms with Crippen LogP contribution in [0, 0.1) is 5.92 Å². The van der Waals surface area contributed by atoms with Crippen LogP contribution in [0.4, 0.5) is 5.69 Å². The van der Waals surface area contributed by atoms with Gasteiger partial charge in [-0.3, -0.25) is 14.5 Å². The molecule has 0 spiro atoms. The van der Waals surface area contributed by atoms with E-state index in [0.717, 1.165) is 42.1 Å². The molecule has 1 atom stereocenters. The van der Waals surface area contributed by atoms with Gasteiger partial charge in [0.15, 0.2) is 0 Å². The molecule has 28 heavy (non-hydrogen) atoms. The lowest BCUT2D eigenvalue weighted by atomic mass is 9.97. The third kappa shape index (κ3) is 5.99. The highest BCUT2D eigenvalue weighted by atomic mass is 35.5. The molecule has 1 unspecified atom stereocenters. The van der Waals surface area contributed by atoms with Crippen LogP contribution >= 0.6 is 23.4 Å². The van der Waals surface area contributed by atoms with Crippen molar-refractivity contribution >= 4 is 40.9 Å². The molecule has 5 nitrogen and oxygen atoms in total. The monoisotopic (exact) mass is 417 g/mol. The number of rotatable bonds is 7. The minimum absolute atomic E-state index is 0.0528. The first kappa shape index (κ1) is 20.7. The maximum Gasteiger partial charge on any atom is 0.234 e. The summed E-state index contributed by atoms with van der Waals surface area (Å²) in [6, 6.07) is 15.3. The summed E-state index contributed by atoms with van der Waals surface area (Å²) in [5.74, 6) is -0.0355. The van der Waals surface area contributed by atoms with Gasteiger partial charge >= 0.3 is 0 Å². The summed E-state index contributed by atoms with van der Waals surface area (Å²) in [5.41, 5.74) is 7.36. The van der Waals surface area contributed by atoms with Crippen LogP contribution in [0.25, 0.3) is 0 Å². The van der Waals surface area contributed by atoms with E-state index in [4.69, 9.17) is 17.3 Å². The molecule has 1 aliphatic rings. The molecular formula is C21H24ClN3O2S. The van der Waals surface area contributed by atoms with Crippen LogP contribution in [0.3, 0.4) is 0 Å². The lowest BCUT2D eigenvalue weighted by Gasteiger charge is -2.31. The molecule has 0 saturated carbocycles. The summed E-state index contributed by atoms with van der Waals surface area (Å²) in [7, 11) is 0. The van der Waals surface area contributed by atoms with Crippen LogP contribution in [-0.2, 0) is 16.1 Å². The molecule has 2 amide bonds. The molecule has 1 aliphatic heterocycles. The summed E-state index contributed by atoms with van der Waals surface area (Å²) >= 11 is 7.52. The SMILES string of the molecule is NC(=O)C1CCCN(Cc2ccc(NC(=O)CSc3ccccc3Cl)cc2)C1. The second-order valence-corrected chi connectivity index (χ2v) is 8.37. The van der Waals surface area contributed by atoms with E-state index in [1.54, 1.807) is 0 Å². The van der Waals surface area contributed by atoms with Crippen molar-refractivity contribution in [3.8, 4) is 0 Å². The summed E-state index contributed by atoms with van der Waals surface area (Å²) in [6.45, 7) is 2.47. The number of halogens is 1. The second-order valence-electron chi connectivity index (χ2n) is 6.94. The van der Waals surface area contributed by atoms with Gasteiger partial charge in [-0.1, -0.05) is 35.9 Å². The van der Waals surface area contributed by atoms with Crippen LogP contribution in [0.1, 0.15) is 18.4 Å². The fraction of sp³-hybridized carbons (Fsp3) is 0.333. The van der Waals surface area contributed by atoms with Crippen LogP contribution in [0.2, 0.25) is 5.02 Å². The van der Waals surface area contributed by atoms with Crippen molar-refractivity contribution < 1.29 is 9.59 Å². The van der Waals surface area contributed by atoms with Gasteiger partial charge in [0.25, 0.3) is 0 Å². The number of thioether (sulfide) groups is 1. The highest BCUT2D eigenvalue weighted by Gasteiger charge is 2.23. The number of benzene rings is 2. The maximum absolute atomic E-state index is 12.2. The standard InChI is InChI=1S/C21H24ClN3O2S/c22-18-5-1-2-6-19(18)28-14-20(26)24-17-9-7-15(8-10-17)12-25-11-3-4-16(13-25)21(23)27/h1-2,5-10,16H,3-4,11-14H2,(H2,23,27)(H,24,26). The van der Waals surface area contributed by atoms with E-state index in [-0.39, 0.29) is 17.7 Å². The van der Waals surface area contributed by atoms with Crippen LogP contribution in [0.15, 0.2) is 53.4 Å². The first-order valence-electron chi connectivity index (χ1n) is 9.29. The van der Waals surface area contributed by atoms with Crippen LogP contribution in [0.5, 0.6) is 0 Å². The van der Waals surface area contributed by atoms with Gasteiger partial charge in [0, 0.05) is 23.7 Å². The molecule has 1 heterocycles. The number of carbonyl (C=O) groups is 2. The first-order chi connectivity index (χ1) is 13.5. The largest absolute Gasteiger partial charge is 0.369 e. The van der Waals surface area contributed by atoms with Crippen molar-refractivity contribution in [3.05, 3.63) is 59.1 Å². The van der Waals surface area contributed by atoms with Crippen LogP contribution in [-0.4, -0.2) is 35.6 Å². The molecule has 7 heteroatoms. The normalized spacial score (nSPS) is 17.2. The zero-order valence-electron chi connectivity index (χ0n) is 15.6. The number of nitrogens with zero attached hydrogens (tertiary/aromatic N) is 1. The van der Waals surface area contributed by atoms with Crippen molar-refractivity contribution in [3.63, 3.8) is 0 Å². The Balaban J connectivity index is 1.48. The van der Waals surface area contributed by atoms with Gasteiger partial charge in [0.2, 0.25) is 11.8 Å². The number of hydrogen-bond donors (Lipinski definition) is 2. The molecule has 148 valence electrons. The summed E-state index contributed by atoms with van der Waals surface area (Å²) < 4.78 is 0. The number of nitrogens with one attached hydrogen (secondary N) is 1. The highest BCUT2D eigenvalue weighted by molar-refractivity contribution is 8.00. The van der Waals surface area contributed by atoms with Crippen molar-refractivity contribution in [1.82, 2.24) is 4.90 Å². The van der Waals surface area contributed by atoms with Crippen LogP contribution < -0.4 is 11.1 Å². The molecule has 1 saturated heterocycles. The van der Waals surface area contributed by atoms with Gasteiger partial charge in [-0.15, -0.1) is 11.8 Å². The lowest BCUT2D eigenvalue weighted by molar-refractivity contribution is -0.123. The van der Waals surface area contributed by atoms with E-state index >= 15 is 0 Å². The number of carbonyl (C=O) groups excluding carboxylic acids is 2. The fourth-order valence-electron chi connectivity index (χ4n) is 3.29. The van der Waals surface area contributed by atoms with Crippen molar-refractivity contribution in [2.24, 2.45) is 11.7 Å².